The van der Waals surface area contributed by atoms with Gasteiger partial charge in [-0.3, -0.25) is 0 Å². The minimum atomic E-state index is -1.60. The van der Waals surface area contributed by atoms with Crippen LogP contribution in [0.15, 0.2) is 30.3 Å². The van der Waals surface area contributed by atoms with Crippen molar-refractivity contribution in [3.8, 4) is 11.6 Å². The third-order valence-electron chi connectivity index (χ3n) is 2.50. The molecule has 0 amide bonds. The van der Waals surface area contributed by atoms with Gasteiger partial charge in [-0.05, 0) is 24.3 Å². The summed E-state index contributed by atoms with van der Waals surface area (Å²) in [5.74, 6) is -4.20. The number of nitrogens with zero attached hydrogens (tertiary/aromatic N) is 1. The van der Waals surface area contributed by atoms with Gasteiger partial charge >= 0.3 is 0 Å². The number of alkyl halides is 3. The number of hydrogen-bond acceptors (Lipinski definition) is 3. The quantitative estimate of drug-likeness (QED) is 0.664. The molecule has 124 valence electrons. The summed E-state index contributed by atoms with van der Waals surface area (Å²) in [6.07, 6.45) is 0. The van der Waals surface area contributed by atoms with E-state index < -0.39 is 32.9 Å². The highest BCUT2D eigenvalue weighted by Crippen LogP contribution is 2.29. The second kappa shape index (κ2) is 7.57. The Morgan fingerprint density at radius 2 is 1.61 bits per heavy atom. The smallest absolute Gasteiger partial charge is 0.256 e. The van der Waals surface area contributed by atoms with Crippen LogP contribution in [0.5, 0.6) is 11.6 Å². The molecule has 0 aliphatic rings. The number of halogens is 6. The van der Waals surface area contributed by atoms with Crippen molar-refractivity contribution in [1.29, 1.82) is 0 Å². The average molecular weight is 387 g/mol. The topological polar surface area (TPSA) is 31.4 Å². The molecule has 1 aromatic heterocycles. The molecule has 23 heavy (non-hydrogen) atoms. The van der Waals surface area contributed by atoms with Gasteiger partial charge in [0.05, 0.1) is 18.9 Å². The van der Waals surface area contributed by atoms with Crippen LogP contribution in [0.4, 0.5) is 13.2 Å². The van der Waals surface area contributed by atoms with Gasteiger partial charge in [0.2, 0.25) is 9.54 Å². The highest BCUT2D eigenvalue weighted by Gasteiger charge is 2.20. The predicted octanol–water partition coefficient (Wildman–Crippen LogP) is 5.18. The molecule has 9 heteroatoms. The van der Waals surface area contributed by atoms with E-state index in [2.05, 4.69) is 4.98 Å². The standard InChI is InChI=1S/C14H9Cl3F3NO2/c15-14(16,17)7-22-6-8-4-5-11(20)13(21-8)23-12-9(18)2-1-3-10(12)19/h1-5H,6-7H2. The van der Waals surface area contributed by atoms with E-state index in [4.69, 9.17) is 44.3 Å². The lowest BCUT2D eigenvalue weighted by molar-refractivity contribution is 0.122. The van der Waals surface area contributed by atoms with E-state index in [-0.39, 0.29) is 18.9 Å². The number of pyridine rings is 1. The Kier molecular flexibility index (Phi) is 5.97. The summed E-state index contributed by atoms with van der Waals surface area (Å²) in [6.45, 7) is -0.320. The van der Waals surface area contributed by atoms with Crippen LogP contribution in [-0.2, 0) is 11.3 Å². The van der Waals surface area contributed by atoms with Crippen LogP contribution in [0, 0.1) is 17.5 Å². The van der Waals surface area contributed by atoms with Gasteiger partial charge in [-0.2, -0.15) is 0 Å². The van der Waals surface area contributed by atoms with Gasteiger partial charge in [0.15, 0.2) is 17.5 Å². The van der Waals surface area contributed by atoms with Gasteiger partial charge in [-0.1, -0.05) is 40.9 Å². The van der Waals surface area contributed by atoms with Crippen molar-refractivity contribution in [3.63, 3.8) is 0 Å². The number of hydrogen-bond donors (Lipinski definition) is 0. The lowest BCUT2D eigenvalue weighted by atomic mass is 10.3. The predicted molar refractivity (Wildman–Crippen MR) is 80.6 cm³/mol. The molecule has 3 nitrogen and oxygen atoms in total. The molecule has 0 saturated heterocycles. The maximum absolute atomic E-state index is 13.7. The molecule has 1 heterocycles. The third-order valence-corrected chi connectivity index (χ3v) is 2.83. The number of ether oxygens (including phenoxy) is 2. The van der Waals surface area contributed by atoms with Crippen molar-refractivity contribution in [2.24, 2.45) is 0 Å². The van der Waals surface area contributed by atoms with Crippen LogP contribution in [0.3, 0.4) is 0 Å². The van der Waals surface area contributed by atoms with Crippen LogP contribution in [0.25, 0.3) is 0 Å². The van der Waals surface area contributed by atoms with Crippen molar-refractivity contribution in [3.05, 3.63) is 53.5 Å². The molecule has 0 unspecified atom stereocenters. The highest BCUT2D eigenvalue weighted by molar-refractivity contribution is 6.67. The molecule has 0 aliphatic heterocycles. The summed E-state index contributed by atoms with van der Waals surface area (Å²) < 4.78 is 49.1. The summed E-state index contributed by atoms with van der Waals surface area (Å²) in [7, 11) is 0. The Balaban J connectivity index is 2.15. The van der Waals surface area contributed by atoms with E-state index in [1.54, 1.807) is 0 Å². The second-order valence-corrected chi connectivity index (χ2v) is 6.87. The summed E-state index contributed by atoms with van der Waals surface area (Å²) in [5, 5.41) is 0. The van der Waals surface area contributed by atoms with Gasteiger partial charge in [0.25, 0.3) is 5.88 Å². The molecule has 0 saturated carbocycles. The number of benzene rings is 1. The molecule has 2 aromatic rings. The van der Waals surface area contributed by atoms with Gasteiger partial charge < -0.3 is 9.47 Å². The largest absolute Gasteiger partial charge is 0.430 e. The van der Waals surface area contributed by atoms with Crippen LogP contribution < -0.4 is 4.74 Å². The monoisotopic (exact) mass is 385 g/mol. The first-order valence-electron chi connectivity index (χ1n) is 6.18. The minimum absolute atomic E-state index is 0.107. The normalized spacial score (nSPS) is 11.6. The first-order valence-corrected chi connectivity index (χ1v) is 7.31. The number of para-hydroxylation sites is 1. The molecule has 0 spiro atoms. The van der Waals surface area contributed by atoms with Crippen LogP contribution in [0.2, 0.25) is 0 Å². The maximum atomic E-state index is 13.7. The third kappa shape index (κ3) is 5.42. The zero-order chi connectivity index (χ0) is 17.0. The molecular weight excluding hydrogens is 378 g/mol. The fourth-order valence-electron chi connectivity index (χ4n) is 1.56. The van der Waals surface area contributed by atoms with E-state index in [1.165, 1.54) is 6.07 Å². The summed E-state index contributed by atoms with van der Waals surface area (Å²) in [6, 6.07) is 5.43. The van der Waals surface area contributed by atoms with Crippen LogP contribution in [-0.4, -0.2) is 15.4 Å². The van der Waals surface area contributed by atoms with Crippen molar-refractivity contribution in [2.75, 3.05) is 6.61 Å². The van der Waals surface area contributed by atoms with Gasteiger partial charge in [0, 0.05) is 0 Å². The molecule has 1 aromatic carbocycles. The van der Waals surface area contributed by atoms with Crippen molar-refractivity contribution in [1.82, 2.24) is 4.98 Å². The summed E-state index contributed by atoms with van der Waals surface area (Å²) >= 11 is 16.5. The molecule has 0 N–H and O–H groups in total. The van der Waals surface area contributed by atoms with E-state index in [0.29, 0.717) is 0 Å². The number of rotatable bonds is 5. The highest BCUT2D eigenvalue weighted by atomic mass is 35.6. The summed E-state index contributed by atoms with van der Waals surface area (Å²) in [4.78, 5) is 3.78. The zero-order valence-corrected chi connectivity index (χ0v) is 13.6. The Hall–Kier alpha value is -1.21. The molecule has 0 bridgehead atoms. The van der Waals surface area contributed by atoms with Gasteiger partial charge in [-0.15, -0.1) is 0 Å². The van der Waals surface area contributed by atoms with E-state index in [0.717, 1.165) is 24.3 Å². The van der Waals surface area contributed by atoms with Crippen molar-refractivity contribution in [2.45, 2.75) is 10.4 Å². The Labute approximate surface area is 144 Å². The maximum Gasteiger partial charge on any atom is 0.256 e. The molecule has 0 fully saturated rings. The lowest BCUT2D eigenvalue weighted by Gasteiger charge is -2.12. The summed E-state index contributed by atoms with van der Waals surface area (Å²) in [5.41, 5.74) is 0.229. The SMILES string of the molecule is Fc1ccc(COCC(Cl)(Cl)Cl)nc1Oc1c(F)cccc1F. The lowest BCUT2D eigenvalue weighted by Crippen LogP contribution is -2.13. The Morgan fingerprint density at radius 1 is 0.957 bits per heavy atom. The zero-order valence-electron chi connectivity index (χ0n) is 11.3. The Bertz CT molecular complexity index is 675. The average Bonchev–Trinajstić information content (AvgIpc) is 2.44. The fraction of sp³-hybridized carbons (Fsp3) is 0.214. The van der Waals surface area contributed by atoms with E-state index in [1.807, 2.05) is 0 Å². The van der Waals surface area contributed by atoms with Gasteiger partial charge in [0.1, 0.15) is 0 Å². The fourth-order valence-corrected chi connectivity index (χ4v) is 1.79. The molecular formula is C14H9Cl3F3NO2. The first-order chi connectivity index (χ1) is 10.8. The van der Waals surface area contributed by atoms with Crippen LogP contribution in [0.1, 0.15) is 5.69 Å². The molecule has 0 atom stereocenters. The minimum Gasteiger partial charge on any atom is -0.430 e. The van der Waals surface area contributed by atoms with Crippen molar-refractivity contribution < 1.29 is 22.6 Å². The molecule has 0 radical (unpaired) electrons. The van der Waals surface area contributed by atoms with Gasteiger partial charge in [-0.25, -0.2) is 18.2 Å². The van der Waals surface area contributed by atoms with E-state index >= 15 is 0 Å². The van der Waals surface area contributed by atoms with Crippen LogP contribution >= 0.6 is 34.8 Å². The molecule has 0 aliphatic carbocycles. The number of aromatic nitrogens is 1. The second-order valence-electron chi connectivity index (χ2n) is 4.35. The van der Waals surface area contributed by atoms with E-state index in [9.17, 15) is 13.2 Å². The first kappa shape index (κ1) is 18.1. The van der Waals surface area contributed by atoms with Crippen molar-refractivity contribution >= 4 is 34.8 Å². The Morgan fingerprint density at radius 3 is 2.22 bits per heavy atom. The molecule has 2 rings (SSSR count).